The summed E-state index contributed by atoms with van der Waals surface area (Å²) >= 11 is 8.33. The highest BCUT2D eigenvalue weighted by molar-refractivity contribution is 8.00. The number of nitrogens with one attached hydrogen (secondary N) is 1. The van der Waals surface area contributed by atoms with Crippen LogP contribution in [0, 0.1) is 5.92 Å². The molecular weight excluding hydrogens is 440 g/mol. The maximum Gasteiger partial charge on any atom is 0.305 e. The minimum Gasteiger partial charge on any atom is -0.307 e. The lowest BCUT2D eigenvalue weighted by Crippen LogP contribution is -2.31. The number of imide groups is 1. The molecule has 5 rings (SSSR count). The third-order valence-electron chi connectivity index (χ3n) is 5.25. The first-order valence-corrected chi connectivity index (χ1v) is 11.4. The van der Waals surface area contributed by atoms with Gasteiger partial charge in [-0.25, -0.2) is 4.90 Å². The molecule has 0 radical (unpaired) electrons. The number of thiazole rings is 1. The first-order valence-electron chi connectivity index (χ1n) is 9.29. The van der Waals surface area contributed by atoms with E-state index in [9.17, 15) is 14.4 Å². The van der Waals surface area contributed by atoms with Gasteiger partial charge in [0, 0.05) is 15.8 Å². The number of amides is 2. The summed E-state index contributed by atoms with van der Waals surface area (Å²) in [5.74, 6) is -1.46. The van der Waals surface area contributed by atoms with E-state index in [-0.39, 0.29) is 22.6 Å². The molecule has 1 N–H and O–H groups in total. The number of anilines is 1. The van der Waals surface area contributed by atoms with Gasteiger partial charge in [-0.2, -0.15) is 0 Å². The molecule has 3 aromatic rings. The molecule has 0 unspecified atom stereocenters. The molecule has 3 atom stereocenters. The zero-order chi connectivity index (χ0) is 20.8. The Labute approximate surface area is 185 Å². The number of hydrogen-bond donors (Lipinski definition) is 1. The molecule has 0 spiro atoms. The molecular formula is C22H15ClN2O3S2. The van der Waals surface area contributed by atoms with Gasteiger partial charge in [-0.1, -0.05) is 77.2 Å². The van der Waals surface area contributed by atoms with Crippen LogP contribution in [0.2, 0.25) is 5.02 Å². The molecule has 1 fully saturated rings. The van der Waals surface area contributed by atoms with Crippen LogP contribution in [0.5, 0.6) is 0 Å². The second-order valence-corrected chi connectivity index (χ2v) is 9.66. The summed E-state index contributed by atoms with van der Waals surface area (Å²) in [5.41, 5.74) is 1.50. The molecule has 8 heteroatoms. The number of carbonyl (C=O) groups excluding carboxylic acids is 2. The number of hydrogen-bond acceptors (Lipinski definition) is 5. The Bertz CT molecular complexity index is 1220. The SMILES string of the molecule is O=C1[C@H]2[C@H](Sc3[nH]c(=O)sc3[C@H]2/C=C/c2ccccc2)C(=O)N1c1ccc(Cl)cc1. The molecule has 150 valence electrons. The highest BCUT2D eigenvalue weighted by Crippen LogP contribution is 2.51. The average molecular weight is 455 g/mol. The van der Waals surface area contributed by atoms with Gasteiger partial charge in [-0.3, -0.25) is 14.4 Å². The average Bonchev–Trinajstić information content (AvgIpc) is 3.24. The van der Waals surface area contributed by atoms with E-state index in [0.717, 1.165) is 21.8 Å². The van der Waals surface area contributed by atoms with Gasteiger partial charge in [0.25, 0.3) is 0 Å². The van der Waals surface area contributed by atoms with Crippen LogP contribution in [0.4, 0.5) is 5.69 Å². The molecule has 1 saturated heterocycles. The number of H-pyrrole nitrogens is 1. The van der Waals surface area contributed by atoms with Crippen molar-refractivity contribution in [2.45, 2.75) is 16.2 Å². The molecule has 2 aliphatic heterocycles. The van der Waals surface area contributed by atoms with Crippen LogP contribution >= 0.6 is 34.7 Å². The van der Waals surface area contributed by atoms with Gasteiger partial charge in [0.15, 0.2) is 0 Å². The lowest BCUT2D eigenvalue weighted by atomic mass is 9.88. The number of fused-ring (bicyclic) bond motifs is 2. The van der Waals surface area contributed by atoms with Gasteiger partial charge >= 0.3 is 4.87 Å². The number of nitrogens with zero attached hydrogens (tertiary/aromatic N) is 1. The monoisotopic (exact) mass is 454 g/mol. The number of halogens is 1. The number of aromatic amines is 1. The van der Waals surface area contributed by atoms with Gasteiger partial charge in [0.1, 0.15) is 5.25 Å². The van der Waals surface area contributed by atoms with E-state index in [2.05, 4.69) is 4.98 Å². The van der Waals surface area contributed by atoms with Crippen molar-refractivity contribution in [1.29, 1.82) is 0 Å². The minimum absolute atomic E-state index is 0.181. The highest BCUT2D eigenvalue weighted by atomic mass is 35.5. The standard InChI is InChI=1S/C22H15ClN2O3S2/c23-13-7-9-14(10-8-13)25-20(26)16-15(11-6-12-4-2-1-3-5-12)17-19(24-22(28)30-17)29-18(16)21(25)27/h1-11,15-16,18H,(H,24,28)/b11-6+/t15-,16+,18-/m0/s1. The topological polar surface area (TPSA) is 70.2 Å². The van der Waals surface area contributed by atoms with Crippen molar-refractivity contribution in [3.63, 3.8) is 0 Å². The van der Waals surface area contributed by atoms with E-state index in [4.69, 9.17) is 11.6 Å². The van der Waals surface area contributed by atoms with Gasteiger partial charge < -0.3 is 4.98 Å². The van der Waals surface area contributed by atoms with Crippen molar-refractivity contribution in [3.05, 3.63) is 85.8 Å². The van der Waals surface area contributed by atoms with Gasteiger partial charge in [0.05, 0.1) is 16.6 Å². The van der Waals surface area contributed by atoms with Crippen molar-refractivity contribution >= 4 is 58.3 Å². The van der Waals surface area contributed by atoms with E-state index < -0.39 is 11.2 Å². The molecule has 3 heterocycles. The second-order valence-electron chi connectivity index (χ2n) is 7.06. The van der Waals surface area contributed by atoms with Crippen LogP contribution < -0.4 is 9.77 Å². The maximum atomic E-state index is 13.4. The van der Waals surface area contributed by atoms with E-state index >= 15 is 0 Å². The summed E-state index contributed by atoms with van der Waals surface area (Å²) in [4.78, 5) is 43.3. The Hall–Kier alpha value is -2.61. The fraction of sp³-hybridized carbons (Fsp3) is 0.136. The Kier molecular flexibility index (Phi) is 4.89. The Morgan fingerprint density at radius 2 is 1.70 bits per heavy atom. The van der Waals surface area contributed by atoms with Crippen LogP contribution in [0.25, 0.3) is 6.08 Å². The minimum atomic E-state index is -0.587. The summed E-state index contributed by atoms with van der Waals surface area (Å²) in [6.07, 6.45) is 3.88. The number of carbonyl (C=O) groups is 2. The fourth-order valence-corrected chi connectivity index (χ4v) is 6.50. The number of allylic oxidation sites excluding steroid dienone is 1. The van der Waals surface area contributed by atoms with Crippen molar-refractivity contribution in [3.8, 4) is 0 Å². The Balaban J connectivity index is 1.57. The second kappa shape index (κ2) is 7.58. The highest BCUT2D eigenvalue weighted by Gasteiger charge is 2.55. The molecule has 30 heavy (non-hydrogen) atoms. The first-order chi connectivity index (χ1) is 14.5. The Morgan fingerprint density at radius 3 is 2.43 bits per heavy atom. The summed E-state index contributed by atoms with van der Waals surface area (Å²) in [6.45, 7) is 0. The lowest BCUT2D eigenvalue weighted by molar-refractivity contribution is -0.122. The van der Waals surface area contributed by atoms with Gasteiger partial charge in [-0.05, 0) is 29.8 Å². The molecule has 0 bridgehead atoms. The number of aromatic nitrogens is 1. The van der Waals surface area contributed by atoms with Gasteiger partial charge in [-0.15, -0.1) is 0 Å². The summed E-state index contributed by atoms with van der Waals surface area (Å²) < 4.78 is 0. The predicted octanol–water partition coefficient (Wildman–Crippen LogP) is 4.55. The van der Waals surface area contributed by atoms with Crippen molar-refractivity contribution in [2.24, 2.45) is 5.92 Å². The van der Waals surface area contributed by atoms with Crippen LogP contribution in [0.1, 0.15) is 16.4 Å². The van der Waals surface area contributed by atoms with Crippen molar-refractivity contribution in [2.75, 3.05) is 4.90 Å². The number of benzene rings is 2. The lowest BCUT2D eigenvalue weighted by Gasteiger charge is -2.27. The van der Waals surface area contributed by atoms with Crippen LogP contribution in [-0.2, 0) is 9.59 Å². The third kappa shape index (κ3) is 3.23. The first kappa shape index (κ1) is 19.4. The molecule has 2 aromatic carbocycles. The summed E-state index contributed by atoms with van der Waals surface area (Å²) in [7, 11) is 0. The van der Waals surface area contributed by atoms with E-state index in [0.29, 0.717) is 15.7 Å². The van der Waals surface area contributed by atoms with E-state index in [1.165, 1.54) is 16.7 Å². The number of thioether (sulfide) groups is 1. The normalized spacial score (nSPS) is 23.1. The summed E-state index contributed by atoms with van der Waals surface area (Å²) in [5, 5.41) is 0.623. The molecule has 5 nitrogen and oxygen atoms in total. The molecule has 0 aliphatic carbocycles. The van der Waals surface area contributed by atoms with Crippen molar-refractivity contribution in [1.82, 2.24) is 4.98 Å². The van der Waals surface area contributed by atoms with E-state index in [1.807, 2.05) is 42.5 Å². The smallest absolute Gasteiger partial charge is 0.305 e. The molecule has 0 saturated carbocycles. The maximum absolute atomic E-state index is 13.4. The zero-order valence-corrected chi connectivity index (χ0v) is 17.8. The molecule has 1 aromatic heterocycles. The molecule has 2 amide bonds. The molecule has 2 aliphatic rings. The largest absolute Gasteiger partial charge is 0.307 e. The van der Waals surface area contributed by atoms with Gasteiger partial charge in [0.2, 0.25) is 11.8 Å². The predicted molar refractivity (Wildman–Crippen MR) is 120 cm³/mol. The quantitative estimate of drug-likeness (QED) is 0.589. The number of rotatable bonds is 3. The van der Waals surface area contributed by atoms with Crippen LogP contribution in [0.3, 0.4) is 0 Å². The Morgan fingerprint density at radius 1 is 0.967 bits per heavy atom. The third-order valence-corrected chi connectivity index (χ3v) is 7.92. The summed E-state index contributed by atoms with van der Waals surface area (Å²) in [6, 6.07) is 16.4. The van der Waals surface area contributed by atoms with Crippen LogP contribution in [-0.4, -0.2) is 22.0 Å². The fourth-order valence-electron chi connectivity index (χ4n) is 3.89. The van der Waals surface area contributed by atoms with Crippen molar-refractivity contribution < 1.29 is 9.59 Å². The van der Waals surface area contributed by atoms with Crippen LogP contribution in [0.15, 0.2) is 70.5 Å². The van der Waals surface area contributed by atoms with E-state index in [1.54, 1.807) is 24.3 Å². The zero-order valence-electron chi connectivity index (χ0n) is 15.4.